The Morgan fingerprint density at radius 3 is 1.05 bits per heavy atom. The number of carbonyl (C=O) groups is 4. The first kappa shape index (κ1) is 20.2. The number of hydrogen-bond acceptors (Lipinski definition) is 6. The van der Waals surface area contributed by atoms with Crippen molar-refractivity contribution in [1.82, 2.24) is 10.9 Å². The van der Waals surface area contributed by atoms with E-state index in [0.29, 0.717) is 11.6 Å². The minimum Gasteiger partial charge on any atom is -0.300 e. The van der Waals surface area contributed by atoms with Crippen LogP contribution in [0.2, 0.25) is 0 Å². The molecule has 0 aromatic carbocycles. The standard InChI is InChI=1S/2C6H10O.C2H6N4O2/c2*7-6-4-2-1-3-5-6;3-5-1(7)2(8)6-4/h2*1-5H2;3-4H2,(H,5,7)(H,6,8). The van der Waals surface area contributed by atoms with E-state index in [1.807, 2.05) is 0 Å². The van der Waals surface area contributed by atoms with Gasteiger partial charge in [0.05, 0.1) is 0 Å². The first-order chi connectivity index (χ1) is 10.5. The maximum atomic E-state index is 10.5. The van der Waals surface area contributed by atoms with E-state index in [4.69, 9.17) is 0 Å². The second-order valence-electron chi connectivity index (χ2n) is 5.15. The zero-order valence-electron chi connectivity index (χ0n) is 12.9. The number of nitrogens with two attached hydrogens (primary N) is 2. The number of Topliss-reactive ketones (excluding diaryl/α,β-unsaturated/α-hetero) is 2. The van der Waals surface area contributed by atoms with Gasteiger partial charge in [-0.25, -0.2) is 11.7 Å². The molecule has 2 rings (SSSR count). The van der Waals surface area contributed by atoms with Crippen molar-refractivity contribution < 1.29 is 19.2 Å². The summed E-state index contributed by atoms with van der Waals surface area (Å²) in [6.45, 7) is 0. The summed E-state index contributed by atoms with van der Waals surface area (Å²) in [6.07, 6.45) is 10.5. The average molecular weight is 314 g/mol. The Labute approximate surface area is 130 Å². The number of carbonyl (C=O) groups excluding carboxylic acids is 4. The molecule has 0 bridgehead atoms. The fourth-order valence-electron chi connectivity index (χ4n) is 2.02. The predicted octanol–water partition coefficient (Wildman–Crippen LogP) is 0.00540. The zero-order chi connectivity index (χ0) is 16.8. The molecule has 2 aliphatic rings. The van der Waals surface area contributed by atoms with Crippen molar-refractivity contribution in [2.24, 2.45) is 11.7 Å². The topological polar surface area (TPSA) is 144 Å². The van der Waals surface area contributed by atoms with Crippen LogP contribution in [-0.2, 0) is 19.2 Å². The van der Waals surface area contributed by atoms with E-state index < -0.39 is 11.8 Å². The molecule has 2 amide bonds. The summed E-state index contributed by atoms with van der Waals surface area (Å²) in [4.78, 5) is 41.0. The van der Waals surface area contributed by atoms with E-state index >= 15 is 0 Å². The van der Waals surface area contributed by atoms with E-state index in [2.05, 4.69) is 11.7 Å². The molecule has 22 heavy (non-hydrogen) atoms. The van der Waals surface area contributed by atoms with Crippen molar-refractivity contribution in [1.29, 1.82) is 0 Å². The molecule has 6 N–H and O–H groups in total. The van der Waals surface area contributed by atoms with Crippen molar-refractivity contribution in [2.75, 3.05) is 0 Å². The molecule has 126 valence electrons. The minimum absolute atomic E-state index is 0.464. The van der Waals surface area contributed by atoms with Crippen molar-refractivity contribution >= 4 is 23.4 Å². The quantitative estimate of drug-likeness (QED) is 0.214. The number of amides is 2. The van der Waals surface area contributed by atoms with Crippen molar-refractivity contribution in [3.63, 3.8) is 0 Å². The Bertz CT molecular complexity index is 333. The maximum Gasteiger partial charge on any atom is 0.324 e. The second kappa shape index (κ2) is 12.9. The smallest absolute Gasteiger partial charge is 0.300 e. The lowest BCUT2D eigenvalue weighted by Gasteiger charge is -2.05. The van der Waals surface area contributed by atoms with E-state index in [0.717, 1.165) is 51.4 Å². The molecule has 0 radical (unpaired) electrons. The number of hydrazine groups is 2. The Balaban J connectivity index is 0.000000301. The summed E-state index contributed by atoms with van der Waals surface area (Å²) in [5.74, 6) is 8.06. The maximum absolute atomic E-state index is 10.5. The summed E-state index contributed by atoms with van der Waals surface area (Å²) in [6, 6.07) is 0. The predicted molar refractivity (Wildman–Crippen MR) is 80.8 cm³/mol. The van der Waals surface area contributed by atoms with Crippen LogP contribution in [0, 0.1) is 0 Å². The molecule has 0 aromatic heterocycles. The van der Waals surface area contributed by atoms with Gasteiger partial charge in [0, 0.05) is 25.7 Å². The normalized spacial score (nSPS) is 17.2. The van der Waals surface area contributed by atoms with E-state index in [-0.39, 0.29) is 0 Å². The lowest BCUT2D eigenvalue weighted by atomic mass is 10.00. The molecule has 2 aliphatic carbocycles. The number of nitrogens with one attached hydrogen (secondary N) is 2. The van der Waals surface area contributed by atoms with Gasteiger partial charge >= 0.3 is 11.8 Å². The van der Waals surface area contributed by atoms with Crippen molar-refractivity contribution in [3.05, 3.63) is 0 Å². The monoisotopic (exact) mass is 314 g/mol. The Kier molecular flexibility index (Phi) is 11.8. The highest BCUT2D eigenvalue weighted by Gasteiger charge is 2.07. The minimum atomic E-state index is -0.965. The van der Waals surface area contributed by atoms with Gasteiger partial charge in [-0.3, -0.25) is 30.0 Å². The lowest BCUT2D eigenvalue weighted by Crippen LogP contribution is -2.45. The molecular formula is C14H26N4O4. The van der Waals surface area contributed by atoms with E-state index in [1.165, 1.54) is 12.8 Å². The van der Waals surface area contributed by atoms with Crippen molar-refractivity contribution in [3.8, 4) is 0 Å². The molecule has 0 aliphatic heterocycles. The lowest BCUT2D eigenvalue weighted by molar-refractivity contribution is -0.139. The molecule has 0 unspecified atom stereocenters. The highest BCUT2D eigenvalue weighted by molar-refractivity contribution is 6.34. The first-order valence-corrected chi connectivity index (χ1v) is 7.56. The molecule has 2 fully saturated rings. The van der Waals surface area contributed by atoms with Gasteiger partial charge in [-0.2, -0.15) is 0 Å². The van der Waals surface area contributed by atoms with Gasteiger partial charge in [-0.05, 0) is 25.7 Å². The van der Waals surface area contributed by atoms with Crippen LogP contribution in [0.15, 0.2) is 0 Å². The fourth-order valence-corrected chi connectivity index (χ4v) is 2.02. The van der Waals surface area contributed by atoms with Gasteiger partial charge in [0.2, 0.25) is 0 Å². The van der Waals surface area contributed by atoms with Crippen LogP contribution >= 0.6 is 0 Å². The van der Waals surface area contributed by atoms with Crippen LogP contribution in [0.25, 0.3) is 0 Å². The van der Waals surface area contributed by atoms with Crippen LogP contribution in [0.4, 0.5) is 0 Å². The van der Waals surface area contributed by atoms with Gasteiger partial charge < -0.3 is 0 Å². The largest absolute Gasteiger partial charge is 0.324 e. The summed E-state index contributed by atoms with van der Waals surface area (Å²) in [5.41, 5.74) is 3.17. The molecule has 0 spiro atoms. The third kappa shape index (κ3) is 10.9. The molecule has 0 heterocycles. The SMILES string of the molecule is NNC(=O)C(=O)NN.O=C1CCCCC1.O=C1CCCCC1. The number of ketones is 2. The van der Waals surface area contributed by atoms with Crippen LogP contribution in [0.5, 0.6) is 0 Å². The van der Waals surface area contributed by atoms with Gasteiger partial charge in [0.25, 0.3) is 0 Å². The molecule has 8 heteroatoms. The third-order valence-electron chi connectivity index (χ3n) is 3.29. The van der Waals surface area contributed by atoms with Gasteiger partial charge in [0.1, 0.15) is 11.6 Å². The van der Waals surface area contributed by atoms with Crippen LogP contribution < -0.4 is 22.5 Å². The summed E-state index contributed by atoms with van der Waals surface area (Å²) < 4.78 is 0. The first-order valence-electron chi connectivity index (χ1n) is 7.56. The third-order valence-corrected chi connectivity index (χ3v) is 3.29. The molecule has 0 atom stereocenters. The van der Waals surface area contributed by atoms with Crippen LogP contribution in [-0.4, -0.2) is 23.4 Å². The van der Waals surface area contributed by atoms with E-state index in [1.54, 1.807) is 10.9 Å². The Morgan fingerprint density at radius 1 is 0.636 bits per heavy atom. The van der Waals surface area contributed by atoms with Crippen LogP contribution in [0.1, 0.15) is 64.2 Å². The van der Waals surface area contributed by atoms with Crippen molar-refractivity contribution in [2.45, 2.75) is 64.2 Å². The highest BCUT2D eigenvalue weighted by atomic mass is 16.2. The summed E-state index contributed by atoms with van der Waals surface area (Å²) in [7, 11) is 0. The average Bonchev–Trinajstić information content (AvgIpc) is 2.56. The van der Waals surface area contributed by atoms with Gasteiger partial charge in [-0.1, -0.05) is 12.8 Å². The van der Waals surface area contributed by atoms with E-state index in [9.17, 15) is 19.2 Å². The molecular weight excluding hydrogens is 288 g/mol. The molecule has 2 saturated carbocycles. The summed E-state index contributed by atoms with van der Waals surface area (Å²) >= 11 is 0. The Hall–Kier alpha value is -1.80. The number of hydrogen-bond donors (Lipinski definition) is 4. The number of rotatable bonds is 0. The molecule has 8 nitrogen and oxygen atoms in total. The molecule has 0 aromatic rings. The zero-order valence-corrected chi connectivity index (χ0v) is 12.9. The molecule has 0 saturated heterocycles. The highest BCUT2D eigenvalue weighted by Crippen LogP contribution is 2.12. The second-order valence-corrected chi connectivity index (χ2v) is 5.15. The van der Waals surface area contributed by atoms with Gasteiger partial charge in [0.15, 0.2) is 0 Å². The Morgan fingerprint density at radius 2 is 0.909 bits per heavy atom. The van der Waals surface area contributed by atoms with Gasteiger partial charge in [-0.15, -0.1) is 0 Å². The fraction of sp³-hybridized carbons (Fsp3) is 0.714. The summed E-state index contributed by atoms with van der Waals surface area (Å²) in [5, 5.41) is 0. The van der Waals surface area contributed by atoms with Crippen LogP contribution in [0.3, 0.4) is 0 Å².